The first-order chi connectivity index (χ1) is 7.80. The lowest BCUT2D eigenvalue weighted by Gasteiger charge is -2.32. The van der Waals surface area contributed by atoms with E-state index in [0.717, 1.165) is 9.80 Å². The largest absolute Gasteiger partial charge is 0.348 e. The normalized spacial score (nSPS) is 19.4. The molecule has 1 aromatic rings. The van der Waals surface area contributed by atoms with Crippen molar-refractivity contribution in [1.29, 1.82) is 0 Å². The van der Waals surface area contributed by atoms with E-state index in [4.69, 9.17) is 23.2 Å². The molecule has 1 saturated heterocycles. The Balaban J connectivity index is 2.56. The highest BCUT2D eigenvalue weighted by atomic mass is 35.5. The molecule has 0 atom stereocenters. The molecule has 2 heterocycles. The Morgan fingerprint density at radius 1 is 1.24 bits per heavy atom. The fourth-order valence-corrected chi connectivity index (χ4v) is 1.87. The minimum Gasteiger partial charge on any atom is -0.348 e. The quantitative estimate of drug-likeness (QED) is 0.694. The fraction of sp³-hybridized carbons (Fsp3) is 0.375. The number of rotatable bonds is 1. The van der Waals surface area contributed by atoms with Crippen molar-refractivity contribution in [1.82, 2.24) is 19.8 Å². The number of nitrogens with one attached hydrogen (secondary N) is 1. The van der Waals surface area contributed by atoms with Crippen LogP contribution in [-0.4, -0.2) is 50.8 Å². The molecule has 2 rings (SSSR count). The number of imidazole rings is 1. The highest BCUT2D eigenvalue weighted by molar-refractivity contribution is 6.40. The second-order valence-corrected chi connectivity index (χ2v) is 4.29. The van der Waals surface area contributed by atoms with Crippen LogP contribution in [0.3, 0.4) is 0 Å². The van der Waals surface area contributed by atoms with Gasteiger partial charge in [0.15, 0.2) is 11.0 Å². The molecule has 1 aliphatic heterocycles. The fourth-order valence-electron chi connectivity index (χ4n) is 1.60. The molecule has 17 heavy (non-hydrogen) atoms. The Labute approximate surface area is 106 Å². The molecule has 0 aromatic carbocycles. The zero-order chi connectivity index (χ0) is 13.0. The summed E-state index contributed by atoms with van der Waals surface area (Å²) in [6.45, 7) is 0. The minimum absolute atomic E-state index is 0.0173. The third-order valence-corrected chi connectivity index (χ3v) is 3.31. The number of aromatic amines is 1. The van der Waals surface area contributed by atoms with Gasteiger partial charge in [-0.1, -0.05) is 23.2 Å². The summed E-state index contributed by atoms with van der Waals surface area (Å²) in [7, 11) is 2.54. The summed E-state index contributed by atoms with van der Waals surface area (Å²) >= 11 is 11.3. The molecule has 0 saturated carbocycles. The van der Waals surface area contributed by atoms with Crippen LogP contribution in [-0.2, 0) is 15.4 Å². The van der Waals surface area contributed by atoms with Crippen molar-refractivity contribution < 1.29 is 14.7 Å². The van der Waals surface area contributed by atoms with Crippen LogP contribution < -0.4 is 0 Å². The summed E-state index contributed by atoms with van der Waals surface area (Å²) in [4.78, 5) is 30.9. The Kier molecular flexibility index (Phi) is 2.57. The molecule has 0 spiro atoms. The number of amides is 2. The third kappa shape index (κ3) is 1.43. The first-order valence-corrected chi connectivity index (χ1v) is 5.25. The van der Waals surface area contributed by atoms with Crippen LogP contribution in [0, 0.1) is 0 Å². The molecule has 1 aliphatic rings. The van der Waals surface area contributed by atoms with Crippen LogP contribution >= 0.6 is 23.2 Å². The predicted molar refractivity (Wildman–Crippen MR) is 58.0 cm³/mol. The number of H-pyrrole nitrogens is 1. The van der Waals surface area contributed by atoms with E-state index in [9.17, 15) is 14.7 Å². The Bertz CT molecular complexity index is 475. The zero-order valence-electron chi connectivity index (χ0n) is 8.86. The lowest BCUT2D eigenvalue weighted by atomic mass is 10.3. The standard InChI is InChI=1S/C8H8Cl2N4O3/c1-13-5(15)6(16)14(2)8(13,17)7-11-3(9)4(10)12-7/h17H,1-2H3,(H,11,12). The third-order valence-electron chi connectivity index (χ3n) is 2.66. The van der Waals surface area contributed by atoms with E-state index in [-0.39, 0.29) is 16.1 Å². The number of carbonyl (C=O) groups excluding carboxylic acids is 2. The summed E-state index contributed by atoms with van der Waals surface area (Å²) in [6, 6.07) is 0. The topological polar surface area (TPSA) is 89.5 Å². The van der Waals surface area contributed by atoms with Gasteiger partial charge in [-0.15, -0.1) is 0 Å². The maximum atomic E-state index is 11.5. The minimum atomic E-state index is -2.01. The van der Waals surface area contributed by atoms with Crippen molar-refractivity contribution in [2.24, 2.45) is 0 Å². The van der Waals surface area contributed by atoms with E-state index in [1.807, 2.05) is 0 Å². The SMILES string of the molecule is CN1C(=O)C(=O)N(C)C1(O)c1nc(Cl)c(Cl)[nH]1. The molecule has 9 heteroatoms. The van der Waals surface area contributed by atoms with E-state index in [2.05, 4.69) is 9.97 Å². The van der Waals surface area contributed by atoms with Crippen LogP contribution in [0.2, 0.25) is 10.3 Å². The number of nitrogens with zero attached hydrogens (tertiary/aromatic N) is 3. The van der Waals surface area contributed by atoms with Gasteiger partial charge < -0.3 is 10.1 Å². The molecule has 2 amide bonds. The number of hydrogen-bond acceptors (Lipinski definition) is 4. The molecular formula is C8H8Cl2N4O3. The second kappa shape index (κ2) is 3.59. The number of aliphatic hydroxyl groups is 1. The molecule has 0 aliphatic carbocycles. The van der Waals surface area contributed by atoms with Gasteiger partial charge in [0.1, 0.15) is 5.15 Å². The maximum Gasteiger partial charge on any atom is 0.316 e. The molecule has 2 N–H and O–H groups in total. The van der Waals surface area contributed by atoms with E-state index < -0.39 is 17.7 Å². The smallest absolute Gasteiger partial charge is 0.316 e. The van der Waals surface area contributed by atoms with Crippen LogP contribution in [0.25, 0.3) is 0 Å². The van der Waals surface area contributed by atoms with Crippen molar-refractivity contribution in [3.05, 3.63) is 16.1 Å². The summed E-state index contributed by atoms with van der Waals surface area (Å²) in [6.07, 6.45) is 0. The number of aromatic nitrogens is 2. The van der Waals surface area contributed by atoms with E-state index in [0.29, 0.717) is 0 Å². The number of likely N-dealkylation sites (N-methyl/N-ethyl adjacent to an activating group) is 2. The first-order valence-electron chi connectivity index (χ1n) is 4.50. The van der Waals surface area contributed by atoms with Crippen molar-refractivity contribution in [3.8, 4) is 0 Å². The van der Waals surface area contributed by atoms with Gasteiger partial charge in [0.2, 0.25) is 0 Å². The Hall–Kier alpha value is -1.31. The van der Waals surface area contributed by atoms with Gasteiger partial charge in [-0.25, -0.2) is 4.98 Å². The number of halogens is 2. The molecule has 1 fully saturated rings. The zero-order valence-corrected chi connectivity index (χ0v) is 10.4. The summed E-state index contributed by atoms with van der Waals surface area (Å²) in [5, 5.41) is 10.3. The number of hydrogen-bond donors (Lipinski definition) is 2. The maximum absolute atomic E-state index is 11.5. The Morgan fingerprint density at radius 3 is 2.06 bits per heavy atom. The highest BCUT2D eigenvalue weighted by Gasteiger charge is 2.55. The summed E-state index contributed by atoms with van der Waals surface area (Å²) < 4.78 is 0. The monoisotopic (exact) mass is 278 g/mol. The van der Waals surface area contributed by atoms with E-state index >= 15 is 0 Å². The molecule has 1 aromatic heterocycles. The van der Waals surface area contributed by atoms with Crippen molar-refractivity contribution in [2.75, 3.05) is 14.1 Å². The number of carbonyl (C=O) groups is 2. The van der Waals surface area contributed by atoms with Gasteiger partial charge >= 0.3 is 11.8 Å². The van der Waals surface area contributed by atoms with Crippen molar-refractivity contribution in [3.63, 3.8) is 0 Å². The van der Waals surface area contributed by atoms with Gasteiger partial charge in [-0.3, -0.25) is 19.4 Å². The molecule has 0 unspecified atom stereocenters. The molecule has 0 bridgehead atoms. The predicted octanol–water partition coefficient (Wildman–Crippen LogP) is -0.250. The lowest BCUT2D eigenvalue weighted by Crippen LogP contribution is -2.49. The lowest BCUT2D eigenvalue weighted by molar-refractivity contribution is -0.180. The van der Waals surface area contributed by atoms with Gasteiger partial charge in [0.05, 0.1) is 0 Å². The van der Waals surface area contributed by atoms with Crippen LogP contribution in [0.1, 0.15) is 5.82 Å². The van der Waals surface area contributed by atoms with Crippen molar-refractivity contribution >= 4 is 35.0 Å². The van der Waals surface area contributed by atoms with Gasteiger partial charge in [0, 0.05) is 14.1 Å². The first kappa shape index (κ1) is 12.2. The van der Waals surface area contributed by atoms with Crippen LogP contribution in [0.15, 0.2) is 0 Å². The van der Waals surface area contributed by atoms with E-state index in [1.165, 1.54) is 14.1 Å². The second-order valence-electron chi connectivity index (χ2n) is 3.55. The van der Waals surface area contributed by atoms with Crippen molar-refractivity contribution in [2.45, 2.75) is 5.85 Å². The van der Waals surface area contributed by atoms with Crippen LogP contribution in [0.5, 0.6) is 0 Å². The van der Waals surface area contributed by atoms with Gasteiger partial charge in [0.25, 0.3) is 5.85 Å². The molecule has 0 radical (unpaired) electrons. The van der Waals surface area contributed by atoms with E-state index in [1.54, 1.807) is 0 Å². The van der Waals surface area contributed by atoms with Crippen LogP contribution in [0.4, 0.5) is 0 Å². The molecular weight excluding hydrogens is 271 g/mol. The summed E-state index contributed by atoms with van der Waals surface area (Å²) in [5.74, 6) is -3.81. The Morgan fingerprint density at radius 2 is 1.71 bits per heavy atom. The highest BCUT2D eigenvalue weighted by Crippen LogP contribution is 2.33. The molecule has 7 nitrogen and oxygen atoms in total. The van der Waals surface area contributed by atoms with Gasteiger partial charge in [-0.05, 0) is 0 Å². The van der Waals surface area contributed by atoms with Gasteiger partial charge in [-0.2, -0.15) is 0 Å². The average Bonchev–Trinajstić information content (AvgIpc) is 2.70. The molecule has 92 valence electrons. The average molecular weight is 279 g/mol. The summed E-state index contributed by atoms with van der Waals surface area (Å²) in [5.41, 5.74) is 0.